The molecule has 3 aromatic rings. The van der Waals surface area contributed by atoms with Gasteiger partial charge in [0.25, 0.3) is 0 Å². The van der Waals surface area contributed by atoms with Crippen LogP contribution in [0.4, 0.5) is 17.3 Å². The number of nitrogens with one attached hydrogen (secondary N) is 1. The van der Waals surface area contributed by atoms with Crippen molar-refractivity contribution in [3.63, 3.8) is 0 Å². The van der Waals surface area contributed by atoms with E-state index in [4.69, 9.17) is 4.74 Å². The third kappa shape index (κ3) is 5.18. The average Bonchev–Trinajstić information content (AvgIpc) is 3.21. The van der Waals surface area contributed by atoms with E-state index in [1.165, 1.54) is 11.8 Å². The van der Waals surface area contributed by atoms with E-state index in [1.807, 2.05) is 49.4 Å². The van der Waals surface area contributed by atoms with Gasteiger partial charge in [-0.05, 0) is 24.6 Å². The van der Waals surface area contributed by atoms with Crippen molar-refractivity contribution >= 4 is 40.9 Å². The van der Waals surface area contributed by atoms with Crippen molar-refractivity contribution in [2.45, 2.75) is 31.1 Å². The van der Waals surface area contributed by atoms with Gasteiger partial charge >= 0.3 is 0 Å². The zero-order valence-electron chi connectivity index (χ0n) is 19.6. The van der Waals surface area contributed by atoms with Gasteiger partial charge in [0, 0.05) is 25.6 Å². The van der Waals surface area contributed by atoms with Crippen LogP contribution in [0.1, 0.15) is 18.9 Å². The molecule has 182 valence electrons. The Morgan fingerprint density at radius 2 is 1.83 bits per heavy atom. The number of rotatable bonds is 6. The van der Waals surface area contributed by atoms with Crippen LogP contribution in [0.2, 0.25) is 0 Å². The molecule has 2 aromatic carbocycles. The van der Waals surface area contributed by atoms with E-state index in [-0.39, 0.29) is 30.0 Å². The molecule has 1 aromatic heterocycles. The number of para-hydroxylation sites is 2. The third-order valence-electron chi connectivity index (χ3n) is 6.13. The highest BCUT2D eigenvalue weighted by Crippen LogP contribution is 2.32. The monoisotopic (exact) mass is 492 g/mol. The molecule has 35 heavy (non-hydrogen) atoms. The van der Waals surface area contributed by atoms with Gasteiger partial charge in [-0.1, -0.05) is 54.2 Å². The second kappa shape index (κ2) is 10.5. The highest BCUT2D eigenvalue weighted by atomic mass is 32.2. The molecule has 0 radical (unpaired) electrons. The highest BCUT2D eigenvalue weighted by molar-refractivity contribution is 7.99. The molecule has 1 unspecified atom stereocenters. The Morgan fingerprint density at radius 1 is 1.09 bits per heavy atom. The highest BCUT2D eigenvalue weighted by Gasteiger charge is 2.30. The zero-order chi connectivity index (χ0) is 24.2. The molecule has 0 saturated carbocycles. The average molecular weight is 493 g/mol. The summed E-state index contributed by atoms with van der Waals surface area (Å²) in [5, 5.41) is 12.5. The summed E-state index contributed by atoms with van der Waals surface area (Å²) in [6.07, 6.45) is 0.246. The summed E-state index contributed by atoms with van der Waals surface area (Å²) in [7, 11) is 0. The Labute approximate surface area is 208 Å². The van der Waals surface area contributed by atoms with Crippen LogP contribution < -0.4 is 15.1 Å². The van der Waals surface area contributed by atoms with Crippen LogP contribution in [0, 0.1) is 0 Å². The number of amides is 2. The van der Waals surface area contributed by atoms with Gasteiger partial charge in [-0.3, -0.25) is 14.2 Å². The lowest BCUT2D eigenvalue weighted by Gasteiger charge is -2.28. The molecule has 1 saturated heterocycles. The normalized spacial score (nSPS) is 18.1. The molecule has 2 amide bonds. The Hall–Kier alpha value is -3.37. The lowest BCUT2D eigenvalue weighted by Crippen LogP contribution is -2.40. The number of fused-ring (bicyclic) bond motifs is 1. The van der Waals surface area contributed by atoms with Crippen molar-refractivity contribution in [1.82, 2.24) is 14.8 Å². The quantitative estimate of drug-likeness (QED) is 0.529. The van der Waals surface area contributed by atoms with Gasteiger partial charge in [-0.15, -0.1) is 10.2 Å². The molecule has 0 aliphatic carbocycles. The van der Waals surface area contributed by atoms with Crippen LogP contribution in [-0.2, 0) is 20.9 Å². The minimum atomic E-state index is -0.252. The summed E-state index contributed by atoms with van der Waals surface area (Å²) in [6, 6.07) is 17.3. The lowest BCUT2D eigenvalue weighted by molar-refractivity contribution is -0.117. The molecule has 1 N–H and O–H groups in total. The van der Waals surface area contributed by atoms with Gasteiger partial charge in [0.2, 0.25) is 17.8 Å². The fraction of sp³-hybridized carbons (Fsp3) is 0.360. The number of morpholine rings is 1. The molecular weight excluding hydrogens is 464 g/mol. The number of anilines is 3. The zero-order valence-corrected chi connectivity index (χ0v) is 20.4. The van der Waals surface area contributed by atoms with Crippen molar-refractivity contribution in [2.75, 3.05) is 47.2 Å². The number of carbonyl (C=O) groups excluding carboxylic acids is 2. The van der Waals surface area contributed by atoms with Crippen LogP contribution in [0.5, 0.6) is 0 Å². The fourth-order valence-electron chi connectivity index (χ4n) is 4.45. The summed E-state index contributed by atoms with van der Waals surface area (Å²) in [6.45, 7) is 5.31. The van der Waals surface area contributed by atoms with E-state index in [9.17, 15) is 9.59 Å². The molecule has 3 heterocycles. The Balaban J connectivity index is 1.38. The van der Waals surface area contributed by atoms with Crippen LogP contribution in [0.3, 0.4) is 0 Å². The predicted octanol–water partition coefficient (Wildman–Crippen LogP) is 3.02. The lowest BCUT2D eigenvalue weighted by atomic mass is 10.2. The molecule has 10 heteroatoms. The fourth-order valence-corrected chi connectivity index (χ4v) is 5.25. The smallest absolute Gasteiger partial charge is 0.237 e. The molecule has 2 aliphatic rings. The van der Waals surface area contributed by atoms with Crippen LogP contribution in [-0.4, -0.2) is 64.7 Å². The summed E-state index contributed by atoms with van der Waals surface area (Å²) in [5.74, 6) is 0.804. The number of hydrogen-bond acceptors (Lipinski definition) is 7. The first-order valence-electron chi connectivity index (χ1n) is 11.7. The summed E-state index contributed by atoms with van der Waals surface area (Å²) >= 11 is 1.37. The van der Waals surface area contributed by atoms with Gasteiger partial charge < -0.3 is 19.9 Å². The van der Waals surface area contributed by atoms with Gasteiger partial charge in [0.05, 0.1) is 36.9 Å². The van der Waals surface area contributed by atoms with Crippen molar-refractivity contribution in [3.05, 3.63) is 60.2 Å². The summed E-state index contributed by atoms with van der Waals surface area (Å²) in [5.41, 5.74) is 2.51. The second-order valence-electron chi connectivity index (χ2n) is 8.62. The predicted molar refractivity (Wildman–Crippen MR) is 136 cm³/mol. The molecule has 0 spiro atoms. The van der Waals surface area contributed by atoms with E-state index in [2.05, 4.69) is 37.1 Å². The van der Waals surface area contributed by atoms with E-state index in [1.54, 1.807) is 4.90 Å². The maximum Gasteiger partial charge on any atom is 0.237 e. The first-order chi connectivity index (χ1) is 17.1. The van der Waals surface area contributed by atoms with Crippen LogP contribution in [0.25, 0.3) is 0 Å². The van der Waals surface area contributed by atoms with Crippen LogP contribution in [0.15, 0.2) is 59.8 Å². The van der Waals surface area contributed by atoms with Crippen molar-refractivity contribution < 1.29 is 14.3 Å². The van der Waals surface area contributed by atoms with Gasteiger partial charge in [-0.25, -0.2) is 0 Å². The Kier molecular flexibility index (Phi) is 7.01. The molecule has 0 bridgehead atoms. The largest absolute Gasteiger partial charge is 0.378 e. The SMILES string of the molecule is CC1CC(=O)Nc2ccccc2N1C(=O)CSc1nnc(N2CCOCC2)n1Cc1ccccc1. The minimum absolute atomic E-state index is 0.0753. The number of aromatic nitrogens is 3. The number of thioether (sulfide) groups is 1. The molecular formula is C25H28N6O3S. The first-order valence-corrected chi connectivity index (χ1v) is 12.7. The van der Waals surface area contributed by atoms with Crippen molar-refractivity contribution in [2.24, 2.45) is 0 Å². The number of hydrogen-bond donors (Lipinski definition) is 1. The van der Waals surface area contributed by atoms with E-state index >= 15 is 0 Å². The molecule has 1 atom stereocenters. The van der Waals surface area contributed by atoms with E-state index in [0.717, 1.165) is 30.3 Å². The number of nitrogens with zero attached hydrogens (tertiary/aromatic N) is 5. The van der Waals surface area contributed by atoms with Crippen LogP contribution >= 0.6 is 11.8 Å². The number of ether oxygens (including phenoxy) is 1. The van der Waals surface area contributed by atoms with E-state index < -0.39 is 0 Å². The summed E-state index contributed by atoms with van der Waals surface area (Å²) in [4.78, 5) is 29.6. The maximum atomic E-state index is 13.5. The standard InChI is InChI=1S/C25H28N6O3S/c1-18-15-22(32)26-20-9-5-6-10-21(20)31(18)23(33)17-35-25-28-27-24(29-11-13-34-14-12-29)30(25)16-19-7-3-2-4-8-19/h2-10,18H,11-17H2,1H3,(H,26,32). The Morgan fingerprint density at radius 3 is 2.63 bits per heavy atom. The molecule has 2 aliphatic heterocycles. The maximum absolute atomic E-state index is 13.5. The summed E-state index contributed by atoms with van der Waals surface area (Å²) < 4.78 is 7.58. The van der Waals surface area contributed by atoms with Crippen molar-refractivity contribution in [1.29, 1.82) is 0 Å². The van der Waals surface area contributed by atoms with Gasteiger partial charge in [0.1, 0.15) is 0 Å². The van der Waals surface area contributed by atoms with Crippen molar-refractivity contribution in [3.8, 4) is 0 Å². The van der Waals surface area contributed by atoms with Gasteiger partial charge in [-0.2, -0.15) is 0 Å². The van der Waals surface area contributed by atoms with Gasteiger partial charge in [0.15, 0.2) is 5.16 Å². The number of carbonyl (C=O) groups is 2. The molecule has 9 nitrogen and oxygen atoms in total. The second-order valence-corrected chi connectivity index (χ2v) is 9.57. The molecule has 5 rings (SSSR count). The Bertz CT molecular complexity index is 1190. The molecule has 1 fully saturated rings. The number of benzene rings is 2. The minimum Gasteiger partial charge on any atom is -0.378 e. The van der Waals surface area contributed by atoms with E-state index in [0.29, 0.717) is 30.6 Å². The third-order valence-corrected chi connectivity index (χ3v) is 7.08. The topological polar surface area (TPSA) is 92.6 Å². The first kappa shape index (κ1) is 23.4.